The van der Waals surface area contributed by atoms with Crippen LogP contribution in [0.3, 0.4) is 0 Å². The molecule has 2 heterocycles. The number of pyridine rings is 1. The normalized spacial score (nSPS) is 11.3. The van der Waals surface area contributed by atoms with Gasteiger partial charge in [-0.3, -0.25) is 4.98 Å². The minimum Gasteiger partial charge on any atom is -0.460 e. The van der Waals surface area contributed by atoms with Crippen LogP contribution in [0, 0.1) is 6.92 Å². The van der Waals surface area contributed by atoms with Gasteiger partial charge in [0.25, 0.3) is 0 Å². The van der Waals surface area contributed by atoms with Crippen molar-refractivity contribution >= 4 is 15.8 Å². The number of sulfone groups is 1. The fraction of sp³-hybridized carbons (Fsp3) is 0.238. The predicted molar refractivity (Wildman–Crippen MR) is 104 cm³/mol. The summed E-state index contributed by atoms with van der Waals surface area (Å²) in [6.45, 7) is 2.12. The Balaban J connectivity index is 1.57. The van der Waals surface area contributed by atoms with Crippen LogP contribution in [-0.2, 0) is 26.7 Å². The predicted octanol–water partition coefficient (Wildman–Crippen LogP) is 3.75. The summed E-state index contributed by atoms with van der Waals surface area (Å²) in [5.74, 6) is -1.07. The van der Waals surface area contributed by atoms with Crippen LogP contribution in [0.4, 0.5) is 0 Å². The van der Waals surface area contributed by atoms with Crippen LogP contribution < -0.4 is 0 Å². The zero-order chi connectivity index (χ0) is 20.0. The molecule has 28 heavy (non-hydrogen) atoms. The Kier molecular flexibility index (Phi) is 6.26. The summed E-state index contributed by atoms with van der Waals surface area (Å²) in [6, 6.07) is 15.4. The van der Waals surface area contributed by atoms with Crippen molar-refractivity contribution in [1.82, 2.24) is 4.98 Å². The van der Waals surface area contributed by atoms with Gasteiger partial charge in [-0.25, -0.2) is 13.2 Å². The molecule has 1 aromatic carbocycles. The van der Waals surface area contributed by atoms with Crippen molar-refractivity contribution in [3.63, 3.8) is 0 Å². The second kappa shape index (κ2) is 8.84. The van der Waals surface area contributed by atoms with Crippen LogP contribution in [-0.4, -0.2) is 26.0 Å². The third kappa shape index (κ3) is 5.07. The molecule has 0 radical (unpaired) electrons. The Bertz CT molecular complexity index is 1040. The lowest BCUT2D eigenvalue weighted by atomic mass is 10.2. The molecule has 0 spiro atoms. The highest BCUT2D eigenvalue weighted by molar-refractivity contribution is 7.90. The maximum Gasteiger partial charge on any atom is 0.374 e. The van der Waals surface area contributed by atoms with Crippen molar-refractivity contribution < 1.29 is 22.4 Å². The summed E-state index contributed by atoms with van der Waals surface area (Å²) in [5, 5.41) is 0. The number of furan rings is 1. The second-order valence-corrected chi connectivity index (χ2v) is 8.35. The van der Waals surface area contributed by atoms with E-state index in [1.54, 1.807) is 18.2 Å². The van der Waals surface area contributed by atoms with Gasteiger partial charge < -0.3 is 9.15 Å². The summed E-state index contributed by atoms with van der Waals surface area (Å²) in [5.41, 5.74) is 2.16. The highest BCUT2D eigenvalue weighted by Gasteiger charge is 2.23. The van der Waals surface area contributed by atoms with Gasteiger partial charge in [0.1, 0.15) is 0 Å². The summed E-state index contributed by atoms with van der Waals surface area (Å²) in [6.07, 6.45) is 2.59. The van der Waals surface area contributed by atoms with Gasteiger partial charge in [0, 0.05) is 17.0 Å². The molecule has 3 rings (SSSR count). The first kappa shape index (κ1) is 19.8. The number of hydrogen-bond acceptors (Lipinski definition) is 6. The number of aryl methyl sites for hydroxylation is 2. The van der Waals surface area contributed by atoms with Crippen molar-refractivity contribution in [3.8, 4) is 0 Å². The van der Waals surface area contributed by atoms with Gasteiger partial charge in [-0.2, -0.15) is 0 Å². The van der Waals surface area contributed by atoms with Gasteiger partial charge in [0.05, 0.1) is 23.5 Å². The smallest absolute Gasteiger partial charge is 0.374 e. The SMILES string of the molecule is Cc1cccc(CCCOC(=O)c2occc2CS(=O)(=O)c2ccccc2)n1. The number of carbonyl (C=O) groups is 1. The number of aromatic nitrogens is 1. The number of rotatable bonds is 8. The van der Waals surface area contributed by atoms with Crippen molar-refractivity contribution in [2.45, 2.75) is 30.4 Å². The third-order valence-corrected chi connectivity index (χ3v) is 5.82. The molecular weight excluding hydrogens is 378 g/mol. The number of hydrogen-bond donors (Lipinski definition) is 0. The molecule has 0 bridgehead atoms. The quantitative estimate of drug-likeness (QED) is 0.424. The lowest BCUT2D eigenvalue weighted by Crippen LogP contribution is -2.11. The Morgan fingerprint density at radius 1 is 1.07 bits per heavy atom. The van der Waals surface area contributed by atoms with Gasteiger partial charge in [0.2, 0.25) is 5.76 Å². The van der Waals surface area contributed by atoms with Crippen LogP contribution in [0.5, 0.6) is 0 Å². The zero-order valence-corrected chi connectivity index (χ0v) is 16.3. The summed E-state index contributed by atoms with van der Waals surface area (Å²) < 4.78 is 35.5. The van der Waals surface area contributed by atoms with Crippen molar-refractivity contribution in [1.29, 1.82) is 0 Å². The Labute approximate surface area is 164 Å². The van der Waals surface area contributed by atoms with Gasteiger partial charge in [-0.05, 0) is 50.1 Å². The average Bonchev–Trinajstić information content (AvgIpc) is 3.13. The molecule has 0 unspecified atom stereocenters. The molecule has 3 aromatic rings. The molecule has 7 heteroatoms. The number of ether oxygens (including phenoxy) is 1. The number of esters is 1. The van der Waals surface area contributed by atoms with E-state index in [1.165, 1.54) is 24.5 Å². The van der Waals surface area contributed by atoms with E-state index in [1.807, 2.05) is 25.1 Å². The lowest BCUT2D eigenvalue weighted by molar-refractivity contribution is 0.0463. The number of benzene rings is 1. The van der Waals surface area contributed by atoms with Gasteiger partial charge >= 0.3 is 5.97 Å². The van der Waals surface area contributed by atoms with Crippen LogP contribution >= 0.6 is 0 Å². The van der Waals surface area contributed by atoms with E-state index < -0.39 is 15.8 Å². The summed E-state index contributed by atoms with van der Waals surface area (Å²) >= 11 is 0. The fourth-order valence-corrected chi connectivity index (χ4v) is 4.14. The molecule has 6 nitrogen and oxygen atoms in total. The molecule has 0 fully saturated rings. The highest BCUT2D eigenvalue weighted by atomic mass is 32.2. The second-order valence-electron chi connectivity index (χ2n) is 6.36. The zero-order valence-electron chi connectivity index (χ0n) is 15.5. The monoisotopic (exact) mass is 399 g/mol. The van der Waals surface area contributed by atoms with Crippen molar-refractivity contribution in [2.24, 2.45) is 0 Å². The molecular formula is C21H21NO5S. The Morgan fingerprint density at radius 2 is 1.86 bits per heavy atom. The first-order valence-electron chi connectivity index (χ1n) is 8.89. The minimum absolute atomic E-state index is 0.0758. The van der Waals surface area contributed by atoms with Crippen LogP contribution in [0.1, 0.15) is 33.9 Å². The van der Waals surface area contributed by atoms with Crippen LogP contribution in [0.25, 0.3) is 0 Å². The number of nitrogens with zero attached hydrogens (tertiary/aromatic N) is 1. The van der Waals surface area contributed by atoms with E-state index in [4.69, 9.17) is 9.15 Å². The van der Waals surface area contributed by atoms with Crippen molar-refractivity contribution in [3.05, 3.63) is 83.6 Å². The van der Waals surface area contributed by atoms with Crippen LogP contribution in [0.15, 0.2) is 70.2 Å². The Morgan fingerprint density at radius 3 is 2.61 bits per heavy atom. The lowest BCUT2D eigenvalue weighted by Gasteiger charge is -2.06. The largest absolute Gasteiger partial charge is 0.460 e. The molecule has 2 aromatic heterocycles. The van der Waals surface area contributed by atoms with E-state index in [-0.39, 0.29) is 28.6 Å². The first-order valence-corrected chi connectivity index (χ1v) is 10.5. The third-order valence-electron chi connectivity index (χ3n) is 4.14. The molecule has 0 saturated carbocycles. The molecule has 0 saturated heterocycles. The minimum atomic E-state index is -3.58. The molecule has 0 amide bonds. The summed E-state index contributed by atoms with van der Waals surface area (Å²) in [7, 11) is -3.58. The first-order chi connectivity index (χ1) is 13.5. The molecule has 0 N–H and O–H groups in total. The topological polar surface area (TPSA) is 86.5 Å². The Hall–Kier alpha value is -2.93. The molecule has 0 aliphatic carbocycles. The maximum absolute atomic E-state index is 12.5. The highest BCUT2D eigenvalue weighted by Crippen LogP contribution is 2.20. The fourth-order valence-electron chi connectivity index (χ4n) is 2.77. The molecule has 0 aliphatic rings. The maximum atomic E-state index is 12.5. The van der Waals surface area contributed by atoms with E-state index in [0.29, 0.717) is 12.8 Å². The van der Waals surface area contributed by atoms with E-state index >= 15 is 0 Å². The standard InChI is InChI=1S/C21H21NO5S/c1-16-7-5-8-18(22-16)9-6-13-27-21(23)20-17(12-14-26-20)15-28(24,25)19-10-3-2-4-11-19/h2-5,7-8,10-12,14H,6,9,13,15H2,1H3. The van der Waals surface area contributed by atoms with E-state index in [2.05, 4.69) is 4.98 Å². The molecule has 146 valence electrons. The molecule has 0 atom stereocenters. The van der Waals surface area contributed by atoms with Crippen LogP contribution in [0.2, 0.25) is 0 Å². The average molecular weight is 399 g/mol. The van der Waals surface area contributed by atoms with Gasteiger partial charge in [0.15, 0.2) is 9.84 Å². The van der Waals surface area contributed by atoms with E-state index in [0.717, 1.165) is 11.4 Å². The van der Waals surface area contributed by atoms with Gasteiger partial charge in [-0.1, -0.05) is 24.3 Å². The van der Waals surface area contributed by atoms with Gasteiger partial charge in [-0.15, -0.1) is 0 Å². The molecule has 0 aliphatic heterocycles. The number of carbonyl (C=O) groups excluding carboxylic acids is 1. The van der Waals surface area contributed by atoms with E-state index in [9.17, 15) is 13.2 Å². The van der Waals surface area contributed by atoms with Crippen molar-refractivity contribution in [2.75, 3.05) is 6.61 Å². The summed E-state index contributed by atoms with van der Waals surface area (Å²) in [4.78, 5) is 16.9.